The Morgan fingerprint density at radius 3 is 2.33 bits per heavy atom. The average Bonchev–Trinajstić information content (AvgIpc) is 2.38. The minimum Gasteiger partial charge on any atom is -0.443 e. The van der Waals surface area contributed by atoms with E-state index in [4.69, 9.17) is 10.5 Å². The molecule has 1 amide bonds. The molecule has 0 unspecified atom stereocenters. The van der Waals surface area contributed by atoms with Crippen molar-refractivity contribution in [3.8, 4) is 0 Å². The van der Waals surface area contributed by atoms with Gasteiger partial charge in [-0.25, -0.2) is 4.79 Å². The number of nitrogens with two attached hydrogens (primary N) is 1. The van der Waals surface area contributed by atoms with Gasteiger partial charge in [-0.05, 0) is 43.7 Å². The zero-order valence-electron chi connectivity index (χ0n) is 12.7. The number of carbonyl (C=O) groups excluding carboxylic acids is 2. The Kier molecular flexibility index (Phi) is 4.66. The van der Waals surface area contributed by atoms with E-state index >= 15 is 0 Å². The van der Waals surface area contributed by atoms with E-state index in [0.717, 1.165) is 18.4 Å². The third-order valence-corrected chi connectivity index (χ3v) is 4.00. The summed E-state index contributed by atoms with van der Waals surface area (Å²) in [7, 11) is 0. The van der Waals surface area contributed by atoms with E-state index in [0.29, 0.717) is 31.0 Å². The Balaban J connectivity index is 1.99. The van der Waals surface area contributed by atoms with Gasteiger partial charge in [0, 0.05) is 19.3 Å². The van der Waals surface area contributed by atoms with Crippen molar-refractivity contribution in [2.45, 2.75) is 57.5 Å². The molecular formula is C17H23NO3. The van der Waals surface area contributed by atoms with Gasteiger partial charge in [-0.2, -0.15) is 0 Å². The van der Waals surface area contributed by atoms with Crippen LogP contribution in [0.4, 0.5) is 4.79 Å². The number of carbonyl (C=O) groups is 2. The first-order valence-corrected chi connectivity index (χ1v) is 7.45. The normalized spacial score (nSPS) is 16.8. The van der Waals surface area contributed by atoms with Crippen LogP contribution in [0.5, 0.6) is 0 Å². The lowest BCUT2D eigenvalue weighted by Crippen LogP contribution is -2.33. The van der Waals surface area contributed by atoms with Crippen LogP contribution < -0.4 is 5.73 Å². The molecule has 0 bridgehead atoms. The zero-order valence-corrected chi connectivity index (χ0v) is 12.7. The van der Waals surface area contributed by atoms with E-state index in [1.54, 1.807) is 0 Å². The number of hydrogen-bond acceptors (Lipinski definition) is 3. The predicted molar refractivity (Wildman–Crippen MR) is 81.1 cm³/mol. The second-order valence-electron chi connectivity index (χ2n) is 6.41. The topological polar surface area (TPSA) is 69.4 Å². The zero-order chi connectivity index (χ0) is 15.5. The molecule has 4 nitrogen and oxygen atoms in total. The fourth-order valence-electron chi connectivity index (χ4n) is 2.98. The SMILES string of the molecule is CC(C)(Cc1ccc(C2CCC(=O)CC2)cc1)OC(N)=O. The monoisotopic (exact) mass is 289 g/mol. The highest BCUT2D eigenvalue weighted by molar-refractivity contribution is 5.79. The van der Waals surface area contributed by atoms with Crippen molar-refractivity contribution in [1.29, 1.82) is 0 Å². The van der Waals surface area contributed by atoms with E-state index in [2.05, 4.69) is 24.3 Å². The third kappa shape index (κ3) is 4.59. The van der Waals surface area contributed by atoms with Crippen LogP contribution in [0.25, 0.3) is 0 Å². The number of benzene rings is 1. The molecule has 114 valence electrons. The van der Waals surface area contributed by atoms with Crippen LogP contribution in [0, 0.1) is 0 Å². The molecule has 0 radical (unpaired) electrons. The maximum Gasteiger partial charge on any atom is 0.405 e. The summed E-state index contributed by atoms with van der Waals surface area (Å²) in [6.07, 6.45) is 3.18. The van der Waals surface area contributed by atoms with Crippen molar-refractivity contribution in [2.75, 3.05) is 0 Å². The molecule has 1 aromatic carbocycles. The van der Waals surface area contributed by atoms with Gasteiger partial charge in [0.25, 0.3) is 0 Å². The van der Waals surface area contributed by atoms with Crippen molar-refractivity contribution in [3.63, 3.8) is 0 Å². The smallest absolute Gasteiger partial charge is 0.405 e. The molecule has 1 aliphatic carbocycles. The largest absolute Gasteiger partial charge is 0.443 e. The van der Waals surface area contributed by atoms with Gasteiger partial charge >= 0.3 is 6.09 Å². The Morgan fingerprint density at radius 2 is 1.81 bits per heavy atom. The molecule has 0 heterocycles. The lowest BCUT2D eigenvalue weighted by molar-refractivity contribution is -0.120. The van der Waals surface area contributed by atoms with Crippen LogP contribution in [0.3, 0.4) is 0 Å². The maximum absolute atomic E-state index is 11.3. The van der Waals surface area contributed by atoms with Crippen LogP contribution in [-0.4, -0.2) is 17.5 Å². The predicted octanol–water partition coefficient (Wildman–Crippen LogP) is 3.33. The molecule has 0 saturated heterocycles. The molecule has 1 aromatic rings. The van der Waals surface area contributed by atoms with Crippen LogP contribution >= 0.6 is 0 Å². The van der Waals surface area contributed by atoms with Crippen molar-refractivity contribution < 1.29 is 14.3 Å². The lowest BCUT2D eigenvalue weighted by atomic mass is 9.83. The number of ketones is 1. The van der Waals surface area contributed by atoms with Crippen molar-refractivity contribution in [3.05, 3.63) is 35.4 Å². The molecule has 2 N–H and O–H groups in total. The Hall–Kier alpha value is -1.84. The molecular weight excluding hydrogens is 266 g/mol. The number of amides is 1. The van der Waals surface area contributed by atoms with Crippen molar-refractivity contribution in [2.24, 2.45) is 5.73 Å². The summed E-state index contributed by atoms with van der Waals surface area (Å²) in [4.78, 5) is 22.2. The van der Waals surface area contributed by atoms with Gasteiger partial charge < -0.3 is 10.5 Å². The number of rotatable bonds is 4. The summed E-state index contributed by atoms with van der Waals surface area (Å²) in [6, 6.07) is 8.38. The number of hydrogen-bond donors (Lipinski definition) is 1. The summed E-state index contributed by atoms with van der Waals surface area (Å²) in [6.45, 7) is 3.69. The second-order valence-corrected chi connectivity index (χ2v) is 6.41. The van der Waals surface area contributed by atoms with Crippen molar-refractivity contribution in [1.82, 2.24) is 0 Å². The Bertz CT molecular complexity index is 509. The van der Waals surface area contributed by atoms with E-state index in [1.807, 2.05) is 13.8 Å². The van der Waals surface area contributed by atoms with E-state index in [9.17, 15) is 9.59 Å². The van der Waals surface area contributed by atoms with Gasteiger partial charge in [0.15, 0.2) is 0 Å². The summed E-state index contributed by atoms with van der Waals surface area (Å²) in [5, 5.41) is 0. The quantitative estimate of drug-likeness (QED) is 0.924. The molecule has 0 spiro atoms. The summed E-state index contributed by atoms with van der Waals surface area (Å²) >= 11 is 0. The van der Waals surface area contributed by atoms with E-state index in [1.165, 1.54) is 5.56 Å². The molecule has 0 aliphatic heterocycles. The third-order valence-electron chi connectivity index (χ3n) is 4.00. The highest BCUT2D eigenvalue weighted by atomic mass is 16.6. The van der Waals surface area contributed by atoms with Gasteiger partial charge in [0.1, 0.15) is 11.4 Å². The minimum absolute atomic E-state index is 0.383. The highest BCUT2D eigenvalue weighted by Crippen LogP contribution is 2.31. The lowest BCUT2D eigenvalue weighted by Gasteiger charge is -2.25. The van der Waals surface area contributed by atoms with Crippen molar-refractivity contribution >= 4 is 11.9 Å². The molecule has 4 heteroatoms. The van der Waals surface area contributed by atoms with Crippen LogP contribution in [0.15, 0.2) is 24.3 Å². The summed E-state index contributed by atoms with van der Waals surface area (Å²) in [5.74, 6) is 0.875. The molecule has 0 atom stereocenters. The van der Waals surface area contributed by atoms with E-state index in [-0.39, 0.29) is 0 Å². The van der Waals surface area contributed by atoms with Gasteiger partial charge in [-0.15, -0.1) is 0 Å². The van der Waals surface area contributed by atoms with Gasteiger partial charge in [0.05, 0.1) is 0 Å². The fourth-order valence-corrected chi connectivity index (χ4v) is 2.98. The van der Waals surface area contributed by atoms with Crippen LogP contribution in [0.2, 0.25) is 0 Å². The molecule has 0 aromatic heterocycles. The number of Topliss-reactive ketones (excluding diaryl/α,β-unsaturated/α-hetero) is 1. The minimum atomic E-state index is -0.747. The van der Waals surface area contributed by atoms with Crippen LogP contribution in [-0.2, 0) is 16.0 Å². The van der Waals surface area contributed by atoms with E-state index < -0.39 is 11.7 Å². The molecule has 1 aliphatic rings. The maximum atomic E-state index is 11.3. The summed E-state index contributed by atoms with van der Waals surface area (Å²) in [5.41, 5.74) is 6.87. The molecule has 21 heavy (non-hydrogen) atoms. The standard InChI is InChI=1S/C17H23NO3/c1-17(2,21-16(18)20)11-12-3-5-13(6-4-12)14-7-9-15(19)10-8-14/h3-6,14H,7-11H2,1-2H3,(H2,18,20). The molecule has 1 fully saturated rings. The van der Waals surface area contributed by atoms with Gasteiger partial charge in [-0.3, -0.25) is 4.79 Å². The number of primary amides is 1. The second kappa shape index (κ2) is 6.29. The highest BCUT2D eigenvalue weighted by Gasteiger charge is 2.23. The first-order valence-electron chi connectivity index (χ1n) is 7.45. The average molecular weight is 289 g/mol. The fraction of sp³-hybridized carbons (Fsp3) is 0.529. The van der Waals surface area contributed by atoms with Gasteiger partial charge in [0.2, 0.25) is 0 Å². The molecule has 2 rings (SSSR count). The van der Waals surface area contributed by atoms with Gasteiger partial charge in [-0.1, -0.05) is 24.3 Å². The van der Waals surface area contributed by atoms with Crippen LogP contribution in [0.1, 0.15) is 56.6 Å². The Labute approximate surface area is 125 Å². The number of ether oxygens (including phenoxy) is 1. The molecule has 1 saturated carbocycles. The summed E-state index contributed by atoms with van der Waals surface area (Å²) < 4.78 is 5.10. The first kappa shape index (κ1) is 15.5. The first-order chi connectivity index (χ1) is 9.85. The Morgan fingerprint density at radius 1 is 1.24 bits per heavy atom.